The number of hydrogen-bond acceptors (Lipinski definition) is 1. The molecule has 2 aromatic carbocycles. The van der Waals surface area contributed by atoms with E-state index in [1.54, 1.807) is 12.4 Å². The van der Waals surface area contributed by atoms with Crippen LogP contribution in [0.25, 0.3) is 16.6 Å². The third-order valence-electron chi connectivity index (χ3n) is 3.72. The Bertz CT molecular complexity index is 1000. The molecule has 0 unspecified atom stereocenters. The van der Waals surface area contributed by atoms with E-state index in [1.807, 2.05) is 30.3 Å². The minimum absolute atomic E-state index is 0.914. The van der Waals surface area contributed by atoms with Gasteiger partial charge in [0.25, 0.3) is 0 Å². The number of nitrogens with zero attached hydrogens (tertiary/aromatic N) is 2. The zero-order valence-corrected chi connectivity index (χ0v) is 12.5. The highest BCUT2D eigenvalue weighted by atomic mass is 15.0. The molecular weight excluding hydrogens is 280 g/mol. The number of aromatic nitrogens is 2. The van der Waals surface area contributed by atoms with Crippen LogP contribution in [0.1, 0.15) is 11.3 Å². The van der Waals surface area contributed by atoms with Crippen LogP contribution in [0.3, 0.4) is 0 Å². The molecule has 23 heavy (non-hydrogen) atoms. The maximum Gasteiger partial charge on any atom is 0.0980 e. The van der Waals surface area contributed by atoms with Crippen LogP contribution in [0.4, 0.5) is 0 Å². The zero-order chi connectivity index (χ0) is 15.5. The molecule has 0 aliphatic rings. The van der Waals surface area contributed by atoms with E-state index >= 15 is 0 Å². The highest BCUT2D eigenvalue weighted by Crippen LogP contribution is 2.23. The zero-order valence-electron chi connectivity index (χ0n) is 12.5. The van der Waals surface area contributed by atoms with Crippen molar-refractivity contribution in [2.75, 3.05) is 0 Å². The van der Waals surface area contributed by atoms with Crippen molar-refractivity contribution in [3.63, 3.8) is 0 Å². The second-order valence-electron chi connectivity index (χ2n) is 5.25. The Morgan fingerprint density at radius 2 is 1.61 bits per heavy atom. The summed E-state index contributed by atoms with van der Waals surface area (Å²) in [6.45, 7) is 0. The summed E-state index contributed by atoms with van der Waals surface area (Å²) in [5, 5.41) is 1.19. The maximum atomic E-state index is 4.11. The SMILES string of the molecule is C(#Cc1cc2ccccc2n1-c1ccccc1)c1cccnc1. The second kappa shape index (κ2) is 5.82. The first-order valence-corrected chi connectivity index (χ1v) is 7.50. The van der Waals surface area contributed by atoms with Crippen LogP contribution >= 0.6 is 0 Å². The summed E-state index contributed by atoms with van der Waals surface area (Å²) < 4.78 is 2.19. The van der Waals surface area contributed by atoms with Gasteiger partial charge in [0.1, 0.15) is 0 Å². The number of rotatable bonds is 1. The molecular formula is C21H14N2. The van der Waals surface area contributed by atoms with E-state index < -0.39 is 0 Å². The van der Waals surface area contributed by atoms with Gasteiger partial charge >= 0.3 is 0 Å². The predicted octanol–water partition coefficient (Wildman–Crippen LogP) is 4.43. The lowest BCUT2D eigenvalue weighted by Gasteiger charge is -2.07. The van der Waals surface area contributed by atoms with Gasteiger partial charge in [-0.05, 0) is 42.3 Å². The van der Waals surface area contributed by atoms with Crippen molar-refractivity contribution in [2.45, 2.75) is 0 Å². The van der Waals surface area contributed by atoms with Crippen LogP contribution in [0.5, 0.6) is 0 Å². The van der Waals surface area contributed by atoms with Gasteiger partial charge < -0.3 is 4.57 Å². The minimum atomic E-state index is 0.914. The highest BCUT2D eigenvalue weighted by Gasteiger charge is 2.08. The van der Waals surface area contributed by atoms with E-state index in [9.17, 15) is 0 Å². The first kappa shape index (κ1) is 13.4. The van der Waals surface area contributed by atoms with Crippen molar-refractivity contribution in [3.05, 3.63) is 96.4 Å². The molecule has 2 nitrogen and oxygen atoms in total. The van der Waals surface area contributed by atoms with E-state index in [1.165, 1.54) is 5.39 Å². The quantitative estimate of drug-likeness (QED) is 0.475. The summed E-state index contributed by atoms with van der Waals surface area (Å²) in [6.07, 6.45) is 3.54. The molecule has 2 heteroatoms. The van der Waals surface area contributed by atoms with Gasteiger partial charge in [0.2, 0.25) is 0 Å². The Balaban J connectivity index is 1.92. The smallest absolute Gasteiger partial charge is 0.0980 e. The number of fused-ring (bicyclic) bond motifs is 1. The molecule has 0 radical (unpaired) electrons. The lowest BCUT2D eigenvalue weighted by atomic mass is 10.2. The summed E-state index contributed by atoms with van der Waals surface area (Å²) in [5.74, 6) is 6.49. The molecule has 0 amide bonds. The summed E-state index contributed by atoms with van der Waals surface area (Å²) in [4.78, 5) is 4.11. The van der Waals surface area contributed by atoms with Gasteiger partial charge in [-0.15, -0.1) is 0 Å². The first-order valence-electron chi connectivity index (χ1n) is 7.50. The van der Waals surface area contributed by atoms with Gasteiger partial charge in [0.05, 0.1) is 11.2 Å². The summed E-state index contributed by atoms with van der Waals surface area (Å²) in [5.41, 5.74) is 4.16. The van der Waals surface area contributed by atoms with Gasteiger partial charge in [-0.2, -0.15) is 0 Å². The van der Waals surface area contributed by atoms with Crippen molar-refractivity contribution in [2.24, 2.45) is 0 Å². The van der Waals surface area contributed by atoms with Crippen LogP contribution in [0.15, 0.2) is 85.2 Å². The van der Waals surface area contributed by atoms with Gasteiger partial charge in [-0.1, -0.05) is 42.3 Å². The molecule has 0 aliphatic heterocycles. The Labute approximate surface area is 135 Å². The van der Waals surface area contributed by atoms with E-state index in [0.29, 0.717) is 0 Å². The minimum Gasteiger partial charge on any atom is -0.303 e. The third kappa shape index (κ3) is 2.61. The first-order chi connectivity index (χ1) is 11.4. The van der Waals surface area contributed by atoms with E-state index in [2.05, 4.69) is 63.9 Å². The molecule has 0 saturated heterocycles. The van der Waals surface area contributed by atoms with Crippen LogP contribution in [0.2, 0.25) is 0 Å². The number of para-hydroxylation sites is 2. The van der Waals surface area contributed by atoms with Crippen molar-refractivity contribution in [3.8, 4) is 17.5 Å². The fourth-order valence-corrected chi connectivity index (χ4v) is 2.67. The molecule has 0 bridgehead atoms. The monoisotopic (exact) mass is 294 g/mol. The van der Waals surface area contributed by atoms with Crippen LogP contribution in [-0.2, 0) is 0 Å². The number of pyridine rings is 1. The van der Waals surface area contributed by atoms with Gasteiger partial charge in [-0.25, -0.2) is 0 Å². The summed E-state index contributed by atoms with van der Waals surface area (Å²) in [7, 11) is 0. The topological polar surface area (TPSA) is 17.8 Å². The molecule has 108 valence electrons. The van der Waals surface area contributed by atoms with E-state index in [4.69, 9.17) is 0 Å². The highest BCUT2D eigenvalue weighted by molar-refractivity contribution is 5.84. The summed E-state index contributed by atoms with van der Waals surface area (Å²) in [6, 6.07) is 24.7. The lowest BCUT2D eigenvalue weighted by Crippen LogP contribution is -1.96. The molecule has 2 aromatic heterocycles. The Kier molecular flexibility index (Phi) is 3.38. The molecule has 0 N–H and O–H groups in total. The molecule has 0 atom stereocenters. The lowest BCUT2D eigenvalue weighted by molar-refractivity contribution is 1.10. The van der Waals surface area contributed by atoms with E-state index in [0.717, 1.165) is 22.5 Å². The van der Waals surface area contributed by atoms with Crippen LogP contribution in [0, 0.1) is 11.8 Å². The molecule has 2 heterocycles. The average molecular weight is 294 g/mol. The van der Waals surface area contributed by atoms with Gasteiger partial charge in [-0.3, -0.25) is 4.98 Å². The van der Waals surface area contributed by atoms with Crippen molar-refractivity contribution in [1.82, 2.24) is 9.55 Å². The molecule has 4 aromatic rings. The maximum absolute atomic E-state index is 4.11. The second-order valence-corrected chi connectivity index (χ2v) is 5.25. The number of benzene rings is 2. The van der Waals surface area contributed by atoms with Crippen molar-refractivity contribution >= 4 is 10.9 Å². The molecule has 4 rings (SSSR count). The van der Waals surface area contributed by atoms with Crippen molar-refractivity contribution < 1.29 is 0 Å². The fourth-order valence-electron chi connectivity index (χ4n) is 2.67. The average Bonchev–Trinajstić information content (AvgIpc) is 3.00. The van der Waals surface area contributed by atoms with Crippen LogP contribution < -0.4 is 0 Å². The Hall–Kier alpha value is -3.31. The van der Waals surface area contributed by atoms with Gasteiger partial charge in [0.15, 0.2) is 0 Å². The van der Waals surface area contributed by atoms with E-state index in [-0.39, 0.29) is 0 Å². The molecule has 0 fully saturated rings. The molecule has 0 saturated carbocycles. The number of hydrogen-bond donors (Lipinski definition) is 0. The molecule has 0 aliphatic carbocycles. The normalized spacial score (nSPS) is 10.3. The van der Waals surface area contributed by atoms with Crippen molar-refractivity contribution in [1.29, 1.82) is 0 Å². The largest absolute Gasteiger partial charge is 0.303 e. The Morgan fingerprint density at radius 1 is 0.783 bits per heavy atom. The third-order valence-corrected chi connectivity index (χ3v) is 3.72. The standard InChI is InChI=1S/C21H14N2/c1-2-9-19(10-3-1)23-20(13-12-17-7-6-14-22-16-17)15-18-8-4-5-11-21(18)23/h1-11,14-16H. The summed E-state index contributed by atoms with van der Waals surface area (Å²) >= 11 is 0. The molecule has 0 spiro atoms. The fraction of sp³-hybridized carbons (Fsp3) is 0. The van der Waals surface area contributed by atoms with Gasteiger partial charge in [0, 0.05) is 29.0 Å². The Morgan fingerprint density at radius 3 is 2.43 bits per heavy atom. The predicted molar refractivity (Wildman–Crippen MR) is 93.5 cm³/mol. The van der Waals surface area contributed by atoms with Crippen LogP contribution in [-0.4, -0.2) is 9.55 Å².